The molecule has 2 fully saturated rings. The van der Waals surface area contributed by atoms with Gasteiger partial charge in [0.05, 0.1) is 31.9 Å². The van der Waals surface area contributed by atoms with Gasteiger partial charge in [-0.1, -0.05) is 23.7 Å². The second kappa shape index (κ2) is 10.4. The Morgan fingerprint density at radius 2 is 1.73 bits per heavy atom. The Balaban J connectivity index is 1.65. The van der Waals surface area contributed by atoms with Crippen LogP contribution in [0, 0.1) is 0 Å². The number of aliphatic hydroxyl groups excluding tert-OH is 1. The summed E-state index contributed by atoms with van der Waals surface area (Å²) in [5, 5.41) is 11.7. The molecule has 33 heavy (non-hydrogen) atoms. The Labute approximate surface area is 198 Å². The van der Waals surface area contributed by atoms with Crippen molar-refractivity contribution in [2.24, 2.45) is 0 Å². The van der Waals surface area contributed by atoms with Crippen molar-refractivity contribution < 1.29 is 24.2 Å². The molecule has 2 saturated heterocycles. The maximum atomic E-state index is 13.1. The van der Waals surface area contributed by atoms with Crippen LogP contribution >= 0.6 is 11.6 Å². The molecular formula is C25H27ClN2O5. The van der Waals surface area contributed by atoms with Gasteiger partial charge in [0.1, 0.15) is 11.5 Å². The number of carbonyl (C=O) groups is 2. The van der Waals surface area contributed by atoms with Crippen molar-refractivity contribution in [3.63, 3.8) is 0 Å². The van der Waals surface area contributed by atoms with E-state index in [1.807, 2.05) is 0 Å². The predicted molar refractivity (Wildman–Crippen MR) is 125 cm³/mol. The second-order valence-corrected chi connectivity index (χ2v) is 8.52. The Kier molecular flexibility index (Phi) is 7.33. The summed E-state index contributed by atoms with van der Waals surface area (Å²) < 4.78 is 10.6. The highest BCUT2D eigenvalue weighted by Crippen LogP contribution is 2.39. The number of morpholine rings is 1. The number of carbonyl (C=O) groups excluding carboxylic acids is 2. The third-order valence-corrected chi connectivity index (χ3v) is 6.32. The van der Waals surface area contributed by atoms with E-state index in [0.717, 1.165) is 25.2 Å². The number of Topliss-reactive ketones (excluding diaryl/α,β-unsaturated/α-hetero) is 1. The highest BCUT2D eigenvalue weighted by Gasteiger charge is 2.45. The van der Waals surface area contributed by atoms with Gasteiger partial charge in [-0.05, 0) is 48.4 Å². The van der Waals surface area contributed by atoms with E-state index < -0.39 is 17.7 Å². The van der Waals surface area contributed by atoms with Crippen molar-refractivity contribution in [3.05, 3.63) is 70.3 Å². The molecule has 0 bridgehead atoms. The van der Waals surface area contributed by atoms with Gasteiger partial charge in [-0.2, -0.15) is 0 Å². The number of amides is 1. The lowest BCUT2D eigenvalue weighted by molar-refractivity contribution is -0.140. The van der Waals surface area contributed by atoms with E-state index in [2.05, 4.69) is 4.90 Å². The lowest BCUT2D eigenvalue weighted by Gasteiger charge is -2.29. The van der Waals surface area contributed by atoms with E-state index in [1.165, 1.54) is 0 Å². The van der Waals surface area contributed by atoms with E-state index in [-0.39, 0.29) is 11.3 Å². The zero-order chi connectivity index (χ0) is 23.4. The first-order chi connectivity index (χ1) is 16.0. The van der Waals surface area contributed by atoms with Crippen LogP contribution in [-0.2, 0) is 14.3 Å². The molecule has 1 N–H and O–H groups in total. The number of rotatable bonds is 7. The number of nitrogens with zero attached hydrogens (tertiary/aromatic N) is 2. The zero-order valence-electron chi connectivity index (χ0n) is 18.5. The molecule has 0 aliphatic carbocycles. The van der Waals surface area contributed by atoms with Gasteiger partial charge in [0.2, 0.25) is 0 Å². The van der Waals surface area contributed by atoms with Crippen molar-refractivity contribution in [1.29, 1.82) is 0 Å². The first-order valence-electron chi connectivity index (χ1n) is 11.0. The van der Waals surface area contributed by atoms with Crippen molar-refractivity contribution in [2.45, 2.75) is 12.5 Å². The third kappa shape index (κ3) is 5.05. The fourth-order valence-corrected chi connectivity index (χ4v) is 4.42. The molecule has 2 heterocycles. The van der Waals surface area contributed by atoms with Crippen LogP contribution in [0.25, 0.3) is 5.76 Å². The maximum Gasteiger partial charge on any atom is 0.295 e. The van der Waals surface area contributed by atoms with Crippen LogP contribution in [0.4, 0.5) is 0 Å². The summed E-state index contributed by atoms with van der Waals surface area (Å²) in [5.41, 5.74) is 1.25. The summed E-state index contributed by atoms with van der Waals surface area (Å²) in [6.45, 7) is 4.33. The van der Waals surface area contributed by atoms with E-state index >= 15 is 0 Å². The van der Waals surface area contributed by atoms with Gasteiger partial charge < -0.3 is 19.5 Å². The molecule has 0 radical (unpaired) electrons. The first kappa shape index (κ1) is 23.3. The number of aliphatic hydroxyl groups is 1. The summed E-state index contributed by atoms with van der Waals surface area (Å²) in [6, 6.07) is 13.1. The molecule has 4 rings (SSSR count). The van der Waals surface area contributed by atoms with Crippen molar-refractivity contribution >= 4 is 29.1 Å². The van der Waals surface area contributed by atoms with Crippen molar-refractivity contribution in [1.82, 2.24) is 9.80 Å². The van der Waals surface area contributed by atoms with Crippen LogP contribution in [0.1, 0.15) is 23.6 Å². The minimum atomic E-state index is -0.686. The third-order valence-electron chi connectivity index (χ3n) is 6.07. The minimum Gasteiger partial charge on any atom is -0.507 e. The molecule has 2 aromatic rings. The SMILES string of the molecule is COc1ccc(C(O)=C2C(=O)C(=O)N(CCCN3CCOCC3)[C@H]2c2ccc(Cl)cc2)cc1. The largest absolute Gasteiger partial charge is 0.507 e. The van der Waals surface area contributed by atoms with Gasteiger partial charge in [-0.3, -0.25) is 14.5 Å². The normalized spacial score (nSPS) is 20.9. The number of ketones is 1. The summed E-state index contributed by atoms with van der Waals surface area (Å²) in [7, 11) is 1.55. The van der Waals surface area contributed by atoms with Crippen LogP contribution in [0.5, 0.6) is 5.75 Å². The van der Waals surface area contributed by atoms with Crippen LogP contribution in [0.2, 0.25) is 5.02 Å². The second-order valence-electron chi connectivity index (χ2n) is 8.08. The summed E-state index contributed by atoms with van der Waals surface area (Å²) >= 11 is 6.07. The Bertz CT molecular complexity index is 1030. The molecule has 1 amide bonds. The average Bonchev–Trinajstić information content (AvgIpc) is 3.10. The van der Waals surface area contributed by atoms with Gasteiger partial charge in [0, 0.05) is 36.8 Å². The topological polar surface area (TPSA) is 79.3 Å². The molecule has 2 aromatic carbocycles. The average molecular weight is 471 g/mol. The van der Waals surface area contributed by atoms with Crippen LogP contribution in [0.15, 0.2) is 54.1 Å². The van der Waals surface area contributed by atoms with Gasteiger partial charge in [0.15, 0.2) is 0 Å². The van der Waals surface area contributed by atoms with Crippen molar-refractivity contribution in [2.75, 3.05) is 46.5 Å². The Hall–Kier alpha value is -2.87. The monoisotopic (exact) mass is 470 g/mol. The molecule has 8 heteroatoms. The molecule has 0 spiro atoms. The van der Waals surface area contributed by atoms with E-state index in [9.17, 15) is 14.7 Å². The lowest BCUT2D eigenvalue weighted by atomic mass is 9.95. The van der Waals surface area contributed by atoms with Crippen LogP contribution in [0.3, 0.4) is 0 Å². The van der Waals surface area contributed by atoms with Crippen LogP contribution in [-0.4, -0.2) is 73.1 Å². The molecule has 2 aliphatic rings. The predicted octanol–water partition coefficient (Wildman–Crippen LogP) is 3.49. The van der Waals surface area contributed by atoms with Crippen molar-refractivity contribution in [3.8, 4) is 5.75 Å². The van der Waals surface area contributed by atoms with Crippen LogP contribution < -0.4 is 4.74 Å². The molecule has 0 aromatic heterocycles. The standard InChI is InChI=1S/C25H27ClN2O5/c1-32-20-9-5-18(6-10-20)23(29)21-22(17-3-7-19(26)8-4-17)28(25(31)24(21)30)12-2-11-27-13-15-33-16-14-27/h3-10,22,29H,2,11-16H2,1H3/t22-/m0/s1. The first-order valence-corrected chi connectivity index (χ1v) is 11.4. The highest BCUT2D eigenvalue weighted by atomic mass is 35.5. The number of ether oxygens (including phenoxy) is 2. The van der Waals surface area contributed by atoms with Gasteiger partial charge in [-0.15, -0.1) is 0 Å². The number of likely N-dealkylation sites (tertiary alicyclic amines) is 1. The highest BCUT2D eigenvalue weighted by molar-refractivity contribution is 6.46. The molecule has 0 saturated carbocycles. The molecule has 2 aliphatic heterocycles. The molecule has 174 valence electrons. The Morgan fingerprint density at radius 1 is 1.06 bits per heavy atom. The molecular weight excluding hydrogens is 444 g/mol. The number of halogens is 1. The lowest BCUT2D eigenvalue weighted by Crippen LogP contribution is -2.38. The quantitative estimate of drug-likeness (QED) is 0.379. The minimum absolute atomic E-state index is 0.0823. The number of benzene rings is 2. The number of methoxy groups -OCH3 is 1. The Morgan fingerprint density at radius 3 is 2.36 bits per heavy atom. The molecule has 0 unspecified atom stereocenters. The summed E-state index contributed by atoms with van der Waals surface area (Å²) in [6.07, 6.45) is 0.708. The van der Waals surface area contributed by atoms with Gasteiger partial charge >= 0.3 is 0 Å². The molecule has 7 nitrogen and oxygen atoms in total. The smallest absolute Gasteiger partial charge is 0.295 e. The number of hydrogen-bond acceptors (Lipinski definition) is 6. The fraction of sp³-hybridized carbons (Fsp3) is 0.360. The number of hydrogen-bond donors (Lipinski definition) is 1. The maximum absolute atomic E-state index is 13.1. The van der Waals surface area contributed by atoms with Gasteiger partial charge in [0.25, 0.3) is 11.7 Å². The zero-order valence-corrected chi connectivity index (χ0v) is 19.3. The van der Waals surface area contributed by atoms with Gasteiger partial charge in [-0.25, -0.2) is 0 Å². The van der Waals surface area contributed by atoms with E-state index in [4.69, 9.17) is 21.1 Å². The fourth-order valence-electron chi connectivity index (χ4n) is 4.30. The summed E-state index contributed by atoms with van der Waals surface area (Å²) in [4.78, 5) is 30.0. The van der Waals surface area contributed by atoms with E-state index in [1.54, 1.807) is 60.5 Å². The van der Waals surface area contributed by atoms with E-state index in [0.29, 0.717) is 42.5 Å². The summed E-state index contributed by atoms with van der Waals surface area (Å²) in [5.74, 6) is -0.863. The molecule has 1 atom stereocenters.